The van der Waals surface area contributed by atoms with Crippen LogP contribution in [0.5, 0.6) is 0 Å². The van der Waals surface area contributed by atoms with Crippen molar-refractivity contribution < 1.29 is 5.11 Å². The summed E-state index contributed by atoms with van der Waals surface area (Å²) in [6.07, 6.45) is 3.56. The van der Waals surface area contributed by atoms with Crippen LogP contribution >= 0.6 is 0 Å². The maximum Gasteiger partial charge on any atom is 0.0584 e. The molecule has 1 saturated heterocycles. The molecule has 1 fully saturated rings. The zero-order valence-electron chi connectivity index (χ0n) is 8.55. The first-order chi connectivity index (χ1) is 6.36. The highest BCUT2D eigenvalue weighted by molar-refractivity contribution is 4.73. The first kappa shape index (κ1) is 11.0. The maximum atomic E-state index is 8.98. The summed E-state index contributed by atoms with van der Waals surface area (Å²) in [4.78, 5) is 0. The average Bonchev–Trinajstić information content (AvgIpc) is 2.21. The maximum absolute atomic E-state index is 8.98. The highest BCUT2D eigenvalue weighted by atomic mass is 16.3. The molecule has 3 N–H and O–H groups in total. The summed E-state index contributed by atoms with van der Waals surface area (Å²) in [5, 5.41) is 15.7. The Labute approximate surface area is 80.9 Å². The highest BCUT2D eigenvalue weighted by Crippen LogP contribution is 2.10. The van der Waals surface area contributed by atoms with E-state index >= 15 is 0 Å². The third-order valence-corrected chi connectivity index (χ3v) is 2.87. The van der Waals surface area contributed by atoms with E-state index in [9.17, 15) is 0 Å². The van der Waals surface area contributed by atoms with E-state index in [0.717, 1.165) is 32.0 Å². The minimum Gasteiger partial charge on any atom is -0.395 e. The third kappa shape index (κ3) is 4.07. The molecule has 3 nitrogen and oxygen atoms in total. The van der Waals surface area contributed by atoms with Crippen LogP contribution < -0.4 is 10.6 Å². The molecule has 13 heavy (non-hydrogen) atoms. The van der Waals surface area contributed by atoms with E-state index in [0.29, 0.717) is 6.04 Å². The van der Waals surface area contributed by atoms with Gasteiger partial charge in [-0.3, -0.25) is 0 Å². The van der Waals surface area contributed by atoms with E-state index < -0.39 is 0 Å². The standard InChI is InChI=1S/C10H22N2O/c1-2-10(8-13)12-7-9-3-5-11-6-4-9/h9-13H,2-8H2,1H3. The van der Waals surface area contributed by atoms with Gasteiger partial charge in [0.1, 0.15) is 0 Å². The minimum absolute atomic E-state index is 0.265. The molecule has 0 saturated carbocycles. The predicted molar refractivity (Wildman–Crippen MR) is 54.8 cm³/mol. The Morgan fingerprint density at radius 1 is 1.46 bits per heavy atom. The molecule has 1 aliphatic heterocycles. The Kier molecular flexibility index (Phi) is 5.35. The summed E-state index contributed by atoms with van der Waals surface area (Å²) >= 11 is 0. The summed E-state index contributed by atoms with van der Waals surface area (Å²) in [6, 6.07) is 0.301. The average molecular weight is 186 g/mol. The fourth-order valence-corrected chi connectivity index (χ4v) is 1.76. The number of hydrogen-bond donors (Lipinski definition) is 3. The number of aliphatic hydroxyl groups is 1. The molecule has 0 aromatic rings. The molecular weight excluding hydrogens is 164 g/mol. The lowest BCUT2D eigenvalue weighted by atomic mass is 9.98. The minimum atomic E-state index is 0.265. The number of aliphatic hydroxyl groups excluding tert-OH is 1. The molecule has 0 amide bonds. The van der Waals surface area contributed by atoms with Gasteiger partial charge in [-0.05, 0) is 44.8 Å². The Balaban J connectivity index is 2.09. The Bertz CT molecular complexity index is 120. The normalized spacial score (nSPS) is 21.7. The molecule has 3 heteroatoms. The van der Waals surface area contributed by atoms with Crippen LogP contribution in [-0.2, 0) is 0 Å². The van der Waals surface area contributed by atoms with E-state index in [1.165, 1.54) is 12.8 Å². The molecule has 1 aliphatic rings. The van der Waals surface area contributed by atoms with Crippen LogP contribution in [0.2, 0.25) is 0 Å². The predicted octanol–water partition coefficient (Wildman–Crippen LogP) is 0.346. The van der Waals surface area contributed by atoms with Gasteiger partial charge in [0.25, 0.3) is 0 Å². The van der Waals surface area contributed by atoms with Crippen LogP contribution in [0.1, 0.15) is 26.2 Å². The van der Waals surface area contributed by atoms with Gasteiger partial charge in [0, 0.05) is 6.04 Å². The van der Waals surface area contributed by atoms with Crippen molar-refractivity contribution in [2.24, 2.45) is 5.92 Å². The summed E-state index contributed by atoms with van der Waals surface area (Å²) in [5.74, 6) is 0.807. The molecule has 1 atom stereocenters. The number of nitrogens with one attached hydrogen (secondary N) is 2. The molecule has 1 heterocycles. The second-order valence-corrected chi connectivity index (χ2v) is 3.89. The van der Waals surface area contributed by atoms with Crippen molar-refractivity contribution in [2.45, 2.75) is 32.2 Å². The van der Waals surface area contributed by atoms with Crippen LogP contribution in [0.15, 0.2) is 0 Å². The van der Waals surface area contributed by atoms with Gasteiger partial charge >= 0.3 is 0 Å². The van der Waals surface area contributed by atoms with Crippen LogP contribution in [0.3, 0.4) is 0 Å². The fourth-order valence-electron chi connectivity index (χ4n) is 1.76. The fraction of sp³-hybridized carbons (Fsp3) is 1.00. The molecule has 0 aromatic carbocycles. The Hall–Kier alpha value is -0.120. The van der Waals surface area contributed by atoms with Crippen molar-refractivity contribution in [1.82, 2.24) is 10.6 Å². The highest BCUT2D eigenvalue weighted by Gasteiger charge is 2.13. The smallest absolute Gasteiger partial charge is 0.0584 e. The van der Waals surface area contributed by atoms with Gasteiger partial charge in [0.05, 0.1) is 6.61 Å². The summed E-state index contributed by atoms with van der Waals surface area (Å²) in [5.41, 5.74) is 0. The number of piperidine rings is 1. The van der Waals surface area contributed by atoms with Gasteiger partial charge in [0.2, 0.25) is 0 Å². The van der Waals surface area contributed by atoms with Gasteiger partial charge in [-0.15, -0.1) is 0 Å². The third-order valence-electron chi connectivity index (χ3n) is 2.87. The lowest BCUT2D eigenvalue weighted by Gasteiger charge is -2.25. The van der Waals surface area contributed by atoms with Crippen molar-refractivity contribution in [3.63, 3.8) is 0 Å². The van der Waals surface area contributed by atoms with Crippen molar-refractivity contribution in [1.29, 1.82) is 0 Å². The molecule has 0 spiro atoms. The number of rotatable bonds is 5. The quantitative estimate of drug-likeness (QED) is 0.580. The summed E-state index contributed by atoms with van der Waals surface area (Å²) < 4.78 is 0. The van der Waals surface area contributed by atoms with Gasteiger partial charge in [-0.25, -0.2) is 0 Å². The van der Waals surface area contributed by atoms with Crippen LogP contribution in [0.4, 0.5) is 0 Å². The van der Waals surface area contributed by atoms with Gasteiger partial charge in [-0.2, -0.15) is 0 Å². The van der Waals surface area contributed by atoms with Crippen molar-refractivity contribution in [3.8, 4) is 0 Å². The Morgan fingerprint density at radius 2 is 2.15 bits per heavy atom. The monoisotopic (exact) mass is 186 g/mol. The largest absolute Gasteiger partial charge is 0.395 e. The number of hydrogen-bond acceptors (Lipinski definition) is 3. The second kappa shape index (κ2) is 6.35. The van der Waals surface area contributed by atoms with Gasteiger partial charge in [-0.1, -0.05) is 6.92 Å². The van der Waals surface area contributed by atoms with Crippen LogP contribution in [0, 0.1) is 5.92 Å². The lowest BCUT2D eigenvalue weighted by molar-refractivity contribution is 0.227. The van der Waals surface area contributed by atoms with E-state index in [4.69, 9.17) is 5.11 Å². The summed E-state index contributed by atoms with van der Waals surface area (Å²) in [7, 11) is 0. The Morgan fingerprint density at radius 3 is 2.69 bits per heavy atom. The van der Waals surface area contributed by atoms with E-state index in [1.54, 1.807) is 0 Å². The SMILES string of the molecule is CCC(CO)NCC1CCNCC1. The molecule has 1 unspecified atom stereocenters. The van der Waals surface area contributed by atoms with E-state index in [2.05, 4.69) is 17.6 Å². The first-order valence-electron chi connectivity index (χ1n) is 5.41. The molecular formula is C10H22N2O. The topological polar surface area (TPSA) is 44.3 Å². The van der Waals surface area contributed by atoms with Crippen molar-refractivity contribution in [2.75, 3.05) is 26.2 Å². The van der Waals surface area contributed by atoms with Gasteiger partial charge < -0.3 is 15.7 Å². The first-order valence-corrected chi connectivity index (χ1v) is 5.41. The molecule has 1 rings (SSSR count). The molecule has 0 radical (unpaired) electrons. The molecule has 78 valence electrons. The lowest BCUT2D eigenvalue weighted by Crippen LogP contribution is -2.39. The van der Waals surface area contributed by atoms with E-state index in [1.807, 2.05) is 0 Å². The second-order valence-electron chi connectivity index (χ2n) is 3.89. The van der Waals surface area contributed by atoms with Crippen molar-refractivity contribution in [3.05, 3.63) is 0 Å². The molecule has 0 aromatic heterocycles. The zero-order valence-corrected chi connectivity index (χ0v) is 8.55. The molecule has 0 bridgehead atoms. The van der Waals surface area contributed by atoms with Gasteiger partial charge in [0.15, 0.2) is 0 Å². The molecule has 0 aliphatic carbocycles. The van der Waals surface area contributed by atoms with Crippen molar-refractivity contribution >= 4 is 0 Å². The van der Waals surface area contributed by atoms with Crippen LogP contribution in [0.25, 0.3) is 0 Å². The van der Waals surface area contributed by atoms with E-state index in [-0.39, 0.29) is 6.61 Å². The summed E-state index contributed by atoms with van der Waals surface area (Å²) in [6.45, 7) is 5.75. The van der Waals surface area contributed by atoms with Crippen LogP contribution in [-0.4, -0.2) is 37.4 Å². The zero-order chi connectivity index (χ0) is 9.52.